The van der Waals surface area contributed by atoms with Crippen molar-refractivity contribution in [3.05, 3.63) is 41.2 Å². The van der Waals surface area contributed by atoms with E-state index in [1.807, 2.05) is 17.8 Å². The van der Waals surface area contributed by atoms with E-state index in [2.05, 4.69) is 34.2 Å². The van der Waals surface area contributed by atoms with Gasteiger partial charge in [0.1, 0.15) is 6.33 Å². The Bertz CT molecular complexity index is 508. The van der Waals surface area contributed by atoms with Gasteiger partial charge in [-0.3, -0.25) is 4.68 Å². The standard InChI is InChI=1S/C12H16ClN5/c1-8(2)18-12(9(13)6-17-18)11(14-3)10-4-5-15-7-16-10/h4-8,11,14H,1-3H3. The van der Waals surface area contributed by atoms with Gasteiger partial charge in [-0.15, -0.1) is 0 Å². The second kappa shape index (κ2) is 5.46. The average molecular weight is 266 g/mol. The Morgan fingerprint density at radius 2 is 2.17 bits per heavy atom. The summed E-state index contributed by atoms with van der Waals surface area (Å²) in [7, 11) is 1.88. The third kappa shape index (κ3) is 2.37. The lowest BCUT2D eigenvalue weighted by Gasteiger charge is -2.19. The van der Waals surface area contributed by atoms with E-state index in [0.29, 0.717) is 5.02 Å². The summed E-state index contributed by atoms with van der Waals surface area (Å²) in [6, 6.07) is 2.02. The van der Waals surface area contributed by atoms with E-state index in [1.54, 1.807) is 12.4 Å². The normalized spacial score (nSPS) is 12.9. The predicted octanol–water partition coefficient (Wildman–Crippen LogP) is 2.22. The minimum Gasteiger partial charge on any atom is -0.307 e. The van der Waals surface area contributed by atoms with Gasteiger partial charge in [-0.2, -0.15) is 5.10 Å². The zero-order chi connectivity index (χ0) is 13.1. The average Bonchev–Trinajstić information content (AvgIpc) is 2.74. The highest BCUT2D eigenvalue weighted by Gasteiger charge is 2.22. The van der Waals surface area contributed by atoms with Gasteiger partial charge in [0.2, 0.25) is 0 Å². The molecule has 0 amide bonds. The zero-order valence-corrected chi connectivity index (χ0v) is 11.4. The largest absolute Gasteiger partial charge is 0.307 e. The lowest BCUT2D eigenvalue weighted by atomic mass is 10.1. The summed E-state index contributed by atoms with van der Waals surface area (Å²) in [6.45, 7) is 4.14. The molecular formula is C12H16ClN5. The molecule has 0 saturated heterocycles. The molecule has 18 heavy (non-hydrogen) atoms. The van der Waals surface area contributed by atoms with E-state index in [0.717, 1.165) is 11.4 Å². The molecule has 0 saturated carbocycles. The van der Waals surface area contributed by atoms with Crippen LogP contribution in [0, 0.1) is 0 Å². The summed E-state index contributed by atoms with van der Waals surface area (Å²) in [5.41, 5.74) is 1.80. The summed E-state index contributed by atoms with van der Waals surface area (Å²) in [4.78, 5) is 8.20. The van der Waals surface area contributed by atoms with Gasteiger partial charge in [-0.05, 0) is 27.0 Å². The van der Waals surface area contributed by atoms with Crippen LogP contribution in [-0.2, 0) is 0 Å². The Labute approximate surface area is 111 Å². The monoisotopic (exact) mass is 265 g/mol. The fourth-order valence-electron chi connectivity index (χ4n) is 1.93. The van der Waals surface area contributed by atoms with E-state index in [1.165, 1.54) is 6.33 Å². The smallest absolute Gasteiger partial charge is 0.115 e. The molecule has 96 valence electrons. The molecule has 2 aromatic heterocycles. The van der Waals surface area contributed by atoms with E-state index >= 15 is 0 Å². The maximum Gasteiger partial charge on any atom is 0.115 e. The number of halogens is 1. The highest BCUT2D eigenvalue weighted by molar-refractivity contribution is 6.31. The van der Waals surface area contributed by atoms with E-state index in [4.69, 9.17) is 11.6 Å². The highest BCUT2D eigenvalue weighted by atomic mass is 35.5. The van der Waals surface area contributed by atoms with Gasteiger partial charge in [0.05, 0.1) is 28.6 Å². The van der Waals surface area contributed by atoms with Crippen LogP contribution in [0.25, 0.3) is 0 Å². The van der Waals surface area contributed by atoms with Crippen molar-refractivity contribution in [2.75, 3.05) is 7.05 Å². The summed E-state index contributed by atoms with van der Waals surface area (Å²) < 4.78 is 1.91. The molecule has 0 fully saturated rings. The molecule has 0 aliphatic carbocycles. The van der Waals surface area contributed by atoms with Crippen LogP contribution in [0.1, 0.15) is 37.3 Å². The predicted molar refractivity (Wildman–Crippen MR) is 70.6 cm³/mol. The van der Waals surface area contributed by atoms with Crippen molar-refractivity contribution in [1.82, 2.24) is 25.1 Å². The van der Waals surface area contributed by atoms with Crippen LogP contribution in [0.5, 0.6) is 0 Å². The molecule has 0 bridgehead atoms. The van der Waals surface area contributed by atoms with Crippen molar-refractivity contribution in [3.8, 4) is 0 Å². The summed E-state index contributed by atoms with van der Waals surface area (Å²) in [6.07, 6.45) is 4.92. The Morgan fingerprint density at radius 3 is 2.72 bits per heavy atom. The Kier molecular flexibility index (Phi) is 3.93. The summed E-state index contributed by atoms with van der Waals surface area (Å²) >= 11 is 6.25. The van der Waals surface area contributed by atoms with E-state index in [9.17, 15) is 0 Å². The molecule has 2 rings (SSSR count). The molecule has 5 nitrogen and oxygen atoms in total. The molecule has 0 aromatic carbocycles. The summed E-state index contributed by atoms with van der Waals surface area (Å²) in [5.74, 6) is 0. The van der Waals surface area contributed by atoms with Gasteiger partial charge < -0.3 is 5.32 Å². The SMILES string of the molecule is CNC(c1ccncn1)c1c(Cl)cnn1C(C)C. The van der Waals surface area contributed by atoms with Crippen LogP contribution < -0.4 is 5.32 Å². The second-order valence-corrected chi connectivity index (χ2v) is 4.68. The van der Waals surface area contributed by atoms with Gasteiger partial charge in [-0.25, -0.2) is 9.97 Å². The van der Waals surface area contributed by atoms with Crippen molar-refractivity contribution in [2.24, 2.45) is 0 Å². The summed E-state index contributed by atoms with van der Waals surface area (Å²) in [5, 5.41) is 8.17. The third-order valence-electron chi connectivity index (χ3n) is 2.74. The van der Waals surface area contributed by atoms with Crippen LogP contribution in [0.2, 0.25) is 5.02 Å². The molecule has 1 atom stereocenters. The number of rotatable bonds is 4. The van der Waals surface area contributed by atoms with E-state index < -0.39 is 0 Å². The lowest BCUT2D eigenvalue weighted by molar-refractivity contribution is 0.481. The molecule has 1 unspecified atom stereocenters. The van der Waals surface area contributed by atoms with Gasteiger partial charge in [0.15, 0.2) is 0 Å². The molecule has 0 radical (unpaired) electrons. The van der Waals surface area contributed by atoms with Gasteiger partial charge in [-0.1, -0.05) is 11.6 Å². The first-order valence-corrected chi connectivity index (χ1v) is 6.19. The quantitative estimate of drug-likeness (QED) is 0.921. The molecule has 2 aromatic rings. The van der Waals surface area contributed by atoms with Crippen LogP contribution >= 0.6 is 11.6 Å². The maximum absolute atomic E-state index is 6.25. The highest BCUT2D eigenvalue weighted by Crippen LogP contribution is 2.28. The molecule has 0 aliphatic rings. The molecule has 0 aliphatic heterocycles. The van der Waals surface area contributed by atoms with Gasteiger partial charge >= 0.3 is 0 Å². The Balaban J connectivity index is 2.48. The Morgan fingerprint density at radius 1 is 1.39 bits per heavy atom. The number of nitrogens with zero attached hydrogens (tertiary/aromatic N) is 4. The first kappa shape index (κ1) is 13.0. The first-order chi connectivity index (χ1) is 8.65. The molecule has 6 heteroatoms. The van der Waals surface area contributed by atoms with E-state index in [-0.39, 0.29) is 12.1 Å². The van der Waals surface area contributed by atoms with Crippen molar-refractivity contribution in [3.63, 3.8) is 0 Å². The van der Waals surface area contributed by atoms with Crippen LogP contribution in [0.4, 0.5) is 0 Å². The van der Waals surface area contributed by atoms with Crippen molar-refractivity contribution in [1.29, 1.82) is 0 Å². The third-order valence-corrected chi connectivity index (χ3v) is 3.03. The minimum atomic E-state index is -0.0922. The fraction of sp³-hybridized carbons (Fsp3) is 0.417. The molecule has 0 spiro atoms. The lowest BCUT2D eigenvalue weighted by Crippen LogP contribution is -2.23. The minimum absolute atomic E-state index is 0.0922. The number of hydrogen-bond donors (Lipinski definition) is 1. The van der Waals surface area contributed by atoms with Crippen molar-refractivity contribution in [2.45, 2.75) is 25.9 Å². The maximum atomic E-state index is 6.25. The van der Waals surface area contributed by atoms with Gasteiger partial charge in [0, 0.05) is 12.2 Å². The molecule has 1 N–H and O–H groups in total. The molecular weight excluding hydrogens is 250 g/mol. The number of hydrogen-bond acceptors (Lipinski definition) is 4. The second-order valence-electron chi connectivity index (χ2n) is 4.27. The molecule has 2 heterocycles. The first-order valence-electron chi connectivity index (χ1n) is 5.81. The van der Waals surface area contributed by atoms with Crippen LogP contribution in [-0.4, -0.2) is 26.8 Å². The number of aromatic nitrogens is 4. The van der Waals surface area contributed by atoms with Gasteiger partial charge in [0.25, 0.3) is 0 Å². The number of nitrogens with one attached hydrogen (secondary N) is 1. The van der Waals surface area contributed by atoms with Crippen molar-refractivity contribution >= 4 is 11.6 Å². The Hall–Kier alpha value is -1.46. The van der Waals surface area contributed by atoms with Crippen LogP contribution in [0.15, 0.2) is 24.8 Å². The topological polar surface area (TPSA) is 55.6 Å². The van der Waals surface area contributed by atoms with Crippen molar-refractivity contribution < 1.29 is 0 Å². The fourth-order valence-corrected chi connectivity index (χ4v) is 2.17. The van der Waals surface area contributed by atoms with Crippen LogP contribution in [0.3, 0.4) is 0 Å². The zero-order valence-electron chi connectivity index (χ0n) is 10.6.